The Kier molecular flexibility index (Phi) is 5.64. The summed E-state index contributed by atoms with van der Waals surface area (Å²) in [5, 5.41) is 4.63. The maximum absolute atomic E-state index is 12.6. The third kappa shape index (κ3) is 3.68. The van der Waals surface area contributed by atoms with Crippen LogP contribution in [0.25, 0.3) is 10.1 Å². The first-order chi connectivity index (χ1) is 11.6. The maximum Gasteiger partial charge on any atom is 0.265 e. The molecule has 6 heteroatoms. The van der Waals surface area contributed by atoms with Gasteiger partial charge in [0.25, 0.3) is 5.91 Å². The molecule has 1 saturated heterocycles. The number of benzene rings is 1. The Hall–Kier alpha value is -1.30. The van der Waals surface area contributed by atoms with E-state index in [1.165, 1.54) is 30.6 Å². The molecule has 0 unspecified atom stereocenters. The van der Waals surface area contributed by atoms with Gasteiger partial charge in [0.1, 0.15) is 10.6 Å². The number of nitrogens with zero attached hydrogens (tertiary/aromatic N) is 1. The lowest BCUT2D eigenvalue weighted by molar-refractivity contribution is 0.0940. The molecule has 1 aromatic carbocycles. The van der Waals surface area contributed by atoms with Crippen LogP contribution in [0, 0.1) is 0 Å². The number of fused-ring (bicyclic) bond motifs is 1. The summed E-state index contributed by atoms with van der Waals surface area (Å²) in [4.78, 5) is 15.6. The highest BCUT2D eigenvalue weighted by atomic mass is 35.5. The van der Waals surface area contributed by atoms with E-state index in [4.69, 9.17) is 16.3 Å². The van der Waals surface area contributed by atoms with Crippen LogP contribution in [0.1, 0.15) is 35.9 Å². The fourth-order valence-electron chi connectivity index (χ4n) is 3.28. The lowest BCUT2D eigenvalue weighted by Crippen LogP contribution is -2.42. The van der Waals surface area contributed by atoms with Gasteiger partial charge in [-0.15, -0.1) is 11.3 Å². The smallest absolute Gasteiger partial charge is 0.265 e. The number of piperidine rings is 1. The molecule has 1 aliphatic heterocycles. The standard InChI is InChI=1S/C18H23ClN2O2S/c1-12-5-3-4-9-21(12)10-8-20-18(22)17-16(23-2)14-7-6-13(19)11-15(14)24-17/h6-7,11-12H,3-5,8-10H2,1-2H3,(H,20,22)/t12-/m0/s1. The van der Waals surface area contributed by atoms with Gasteiger partial charge in [-0.3, -0.25) is 9.69 Å². The van der Waals surface area contributed by atoms with Crippen molar-refractivity contribution in [2.24, 2.45) is 0 Å². The number of carbonyl (C=O) groups excluding carboxylic acids is 1. The van der Waals surface area contributed by atoms with Gasteiger partial charge >= 0.3 is 0 Å². The van der Waals surface area contributed by atoms with E-state index in [-0.39, 0.29) is 5.91 Å². The Morgan fingerprint density at radius 1 is 1.46 bits per heavy atom. The van der Waals surface area contributed by atoms with Crippen LogP contribution in [0.2, 0.25) is 5.02 Å². The lowest BCUT2D eigenvalue weighted by Gasteiger charge is -2.33. The third-order valence-electron chi connectivity index (χ3n) is 4.64. The van der Waals surface area contributed by atoms with Crippen molar-refractivity contribution in [1.29, 1.82) is 0 Å². The van der Waals surface area contributed by atoms with Crippen LogP contribution in [0.3, 0.4) is 0 Å². The first-order valence-corrected chi connectivity index (χ1v) is 9.58. The minimum absolute atomic E-state index is 0.0752. The minimum atomic E-state index is -0.0752. The van der Waals surface area contributed by atoms with Gasteiger partial charge in [-0.05, 0) is 44.5 Å². The van der Waals surface area contributed by atoms with Gasteiger partial charge in [0, 0.05) is 34.2 Å². The highest BCUT2D eigenvalue weighted by Gasteiger charge is 2.21. The van der Waals surface area contributed by atoms with Crippen LogP contribution in [-0.2, 0) is 0 Å². The topological polar surface area (TPSA) is 41.6 Å². The molecule has 24 heavy (non-hydrogen) atoms. The number of thiophene rings is 1. The van der Waals surface area contributed by atoms with E-state index in [2.05, 4.69) is 17.1 Å². The molecule has 0 saturated carbocycles. The summed E-state index contributed by atoms with van der Waals surface area (Å²) in [7, 11) is 1.60. The number of ether oxygens (including phenoxy) is 1. The molecular weight excluding hydrogens is 344 g/mol. The number of likely N-dealkylation sites (tertiary alicyclic amines) is 1. The zero-order chi connectivity index (χ0) is 17.1. The Morgan fingerprint density at radius 3 is 3.04 bits per heavy atom. The fraction of sp³-hybridized carbons (Fsp3) is 0.500. The molecule has 130 valence electrons. The van der Waals surface area contributed by atoms with Crippen LogP contribution < -0.4 is 10.1 Å². The summed E-state index contributed by atoms with van der Waals surface area (Å²) in [6.45, 7) is 4.94. The van der Waals surface area contributed by atoms with Gasteiger partial charge in [0.15, 0.2) is 0 Å². The first kappa shape index (κ1) is 17.5. The number of carbonyl (C=O) groups is 1. The van der Waals surface area contributed by atoms with Crippen LogP contribution in [0.5, 0.6) is 5.75 Å². The molecule has 1 aromatic heterocycles. The highest BCUT2D eigenvalue weighted by molar-refractivity contribution is 7.21. The number of halogens is 1. The van der Waals surface area contributed by atoms with Crippen LogP contribution in [-0.4, -0.2) is 43.6 Å². The Bertz CT molecular complexity index is 731. The number of methoxy groups -OCH3 is 1. The van der Waals surface area contributed by atoms with E-state index < -0.39 is 0 Å². The molecule has 1 fully saturated rings. The van der Waals surface area contributed by atoms with E-state index in [9.17, 15) is 4.79 Å². The molecule has 1 atom stereocenters. The summed E-state index contributed by atoms with van der Waals surface area (Å²) in [6, 6.07) is 6.20. The fourth-order valence-corrected chi connectivity index (χ4v) is 4.65. The molecule has 1 amide bonds. The average Bonchev–Trinajstić information content (AvgIpc) is 2.94. The van der Waals surface area contributed by atoms with E-state index >= 15 is 0 Å². The summed E-state index contributed by atoms with van der Waals surface area (Å²) in [5.41, 5.74) is 0. The van der Waals surface area contributed by atoms with E-state index in [0.717, 1.165) is 23.2 Å². The first-order valence-electron chi connectivity index (χ1n) is 8.38. The van der Waals surface area contributed by atoms with Gasteiger partial charge in [-0.1, -0.05) is 18.0 Å². The molecule has 0 radical (unpaired) electrons. The SMILES string of the molecule is COc1c(C(=O)NCCN2CCCC[C@@H]2C)sc2cc(Cl)ccc12. The largest absolute Gasteiger partial charge is 0.494 e. The second-order valence-corrected chi connectivity index (χ2v) is 7.73. The predicted molar refractivity (Wildman–Crippen MR) is 101 cm³/mol. The molecule has 3 rings (SSSR count). The van der Waals surface area contributed by atoms with Gasteiger partial charge in [-0.25, -0.2) is 0 Å². The maximum atomic E-state index is 12.6. The van der Waals surface area contributed by atoms with Gasteiger partial charge in [-0.2, -0.15) is 0 Å². The van der Waals surface area contributed by atoms with Gasteiger partial charge in [0.2, 0.25) is 0 Å². The molecule has 1 N–H and O–H groups in total. The summed E-state index contributed by atoms with van der Waals surface area (Å²) < 4.78 is 6.44. The molecular formula is C18H23ClN2O2S. The van der Waals surface area contributed by atoms with E-state index in [0.29, 0.717) is 28.2 Å². The van der Waals surface area contributed by atoms with Crippen molar-refractivity contribution in [2.75, 3.05) is 26.7 Å². The normalized spacial score (nSPS) is 18.7. The highest BCUT2D eigenvalue weighted by Crippen LogP contribution is 2.38. The number of hydrogen-bond acceptors (Lipinski definition) is 4. The van der Waals surface area contributed by atoms with Crippen molar-refractivity contribution in [3.8, 4) is 5.75 Å². The van der Waals surface area contributed by atoms with Crippen molar-refractivity contribution in [3.05, 3.63) is 28.1 Å². The second-order valence-electron chi connectivity index (χ2n) is 6.24. The molecule has 0 aliphatic carbocycles. The number of hydrogen-bond donors (Lipinski definition) is 1. The van der Waals surface area contributed by atoms with E-state index in [1.807, 2.05) is 18.2 Å². The lowest BCUT2D eigenvalue weighted by atomic mass is 10.0. The Labute approximate surface area is 151 Å². The van der Waals surface area contributed by atoms with Gasteiger partial charge in [0.05, 0.1) is 7.11 Å². The van der Waals surface area contributed by atoms with Crippen molar-refractivity contribution in [1.82, 2.24) is 10.2 Å². The molecule has 0 spiro atoms. The third-order valence-corrected chi connectivity index (χ3v) is 6.01. The molecule has 2 heterocycles. The second kappa shape index (κ2) is 7.72. The zero-order valence-electron chi connectivity index (χ0n) is 14.1. The van der Waals surface area contributed by atoms with Crippen LogP contribution in [0.15, 0.2) is 18.2 Å². The number of amides is 1. The molecule has 2 aromatic rings. The molecule has 0 bridgehead atoms. The Balaban J connectivity index is 1.67. The summed E-state index contributed by atoms with van der Waals surface area (Å²) in [5.74, 6) is 0.560. The van der Waals surface area contributed by atoms with E-state index in [1.54, 1.807) is 7.11 Å². The van der Waals surface area contributed by atoms with Gasteiger partial charge < -0.3 is 10.1 Å². The van der Waals surface area contributed by atoms with Crippen LogP contribution in [0.4, 0.5) is 0 Å². The van der Waals surface area contributed by atoms with Crippen LogP contribution >= 0.6 is 22.9 Å². The number of rotatable bonds is 5. The van der Waals surface area contributed by atoms with Crippen molar-refractivity contribution >= 4 is 38.9 Å². The summed E-state index contributed by atoms with van der Waals surface area (Å²) >= 11 is 7.47. The Morgan fingerprint density at radius 2 is 2.29 bits per heavy atom. The van der Waals surface area contributed by atoms with Crippen molar-refractivity contribution in [2.45, 2.75) is 32.2 Å². The zero-order valence-corrected chi connectivity index (χ0v) is 15.7. The number of nitrogens with one attached hydrogen (secondary N) is 1. The van der Waals surface area contributed by atoms with Crippen molar-refractivity contribution < 1.29 is 9.53 Å². The summed E-state index contributed by atoms with van der Waals surface area (Å²) in [6.07, 6.45) is 3.81. The molecule has 4 nitrogen and oxygen atoms in total. The monoisotopic (exact) mass is 366 g/mol. The predicted octanol–water partition coefficient (Wildman–Crippen LogP) is 4.17. The average molecular weight is 367 g/mol. The molecule has 1 aliphatic rings. The quantitative estimate of drug-likeness (QED) is 0.863. The van der Waals surface area contributed by atoms with Crippen molar-refractivity contribution in [3.63, 3.8) is 0 Å². The minimum Gasteiger partial charge on any atom is -0.494 e.